The van der Waals surface area contributed by atoms with E-state index in [-0.39, 0.29) is 5.57 Å². The Morgan fingerprint density at radius 1 is 0.939 bits per heavy atom. The third kappa shape index (κ3) is 6.72. The number of hydrogen-bond donors (Lipinski definition) is 1. The summed E-state index contributed by atoms with van der Waals surface area (Å²) < 4.78 is 11.7. The van der Waals surface area contributed by atoms with Crippen molar-refractivity contribution in [3.8, 4) is 17.6 Å². The maximum Gasteiger partial charge on any atom is 0.266 e. The highest BCUT2D eigenvalue weighted by atomic mass is 16.5. The van der Waals surface area contributed by atoms with Crippen LogP contribution in [0.1, 0.15) is 36.1 Å². The summed E-state index contributed by atoms with van der Waals surface area (Å²) in [6.07, 6.45) is 2.46. The van der Waals surface area contributed by atoms with E-state index >= 15 is 0 Å². The van der Waals surface area contributed by atoms with E-state index in [0.29, 0.717) is 36.0 Å². The maximum absolute atomic E-state index is 12.6. The first-order valence-corrected chi connectivity index (χ1v) is 11.0. The summed E-state index contributed by atoms with van der Waals surface area (Å²) in [5.41, 5.74) is 4.76. The summed E-state index contributed by atoms with van der Waals surface area (Å²) in [5, 5.41) is 12.3. The molecule has 0 saturated heterocycles. The van der Waals surface area contributed by atoms with Crippen LogP contribution in [0.25, 0.3) is 6.08 Å². The Hall–Kier alpha value is -4.04. The van der Waals surface area contributed by atoms with Crippen molar-refractivity contribution < 1.29 is 14.3 Å². The number of amides is 1. The van der Waals surface area contributed by atoms with E-state index in [1.54, 1.807) is 24.3 Å². The Bertz CT molecular complexity index is 1160. The second-order valence-electron chi connectivity index (χ2n) is 7.59. The standard InChI is InChI=1S/C28H28N2O3/c1-4-21-10-13-25(14-11-21)30-28(31)24(18-29)16-23-12-15-26(27(17-23)32-5-2)33-19-22-8-6-20(3)7-9-22/h6-17H,4-5,19H2,1-3H3,(H,30,31)/b24-16-. The Labute approximate surface area is 195 Å². The van der Waals surface area contributed by atoms with Crippen molar-refractivity contribution in [1.29, 1.82) is 5.26 Å². The number of carbonyl (C=O) groups excluding carboxylic acids is 1. The van der Waals surface area contributed by atoms with Crippen molar-refractivity contribution in [1.82, 2.24) is 0 Å². The molecule has 5 heteroatoms. The molecule has 0 saturated carbocycles. The van der Waals surface area contributed by atoms with E-state index in [2.05, 4.69) is 12.2 Å². The highest BCUT2D eigenvalue weighted by Crippen LogP contribution is 2.30. The molecule has 0 heterocycles. The molecule has 0 bridgehead atoms. The lowest BCUT2D eigenvalue weighted by molar-refractivity contribution is -0.112. The van der Waals surface area contributed by atoms with Crippen LogP contribution in [0.4, 0.5) is 5.69 Å². The molecule has 33 heavy (non-hydrogen) atoms. The minimum absolute atomic E-state index is 0.00494. The van der Waals surface area contributed by atoms with Crippen LogP contribution in [-0.2, 0) is 17.8 Å². The Balaban J connectivity index is 1.75. The van der Waals surface area contributed by atoms with Gasteiger partial charge in [-0.3, -0.25) is 4.79 Å². The molecule has 1 amide bonds. The zero-order chi connectivity index (χ0) is 23.6. The lowest BCUT2D eigenvalue weighted by Gasteiger charge is -2.13. The first kappa shape index (κ1) is 23.6. The van der Waals surface area contributed by atoms with Crippen molar-refractivity contribution in [2.45, 2.75) is 33.8 Å². The number of anilines is 1. The van der Waals surface area contributed by atoms with Crippen molar-refractivity contribution in [2.75, 3.05) is 11.9 Å². The van der Waals surface area contributed by atoms with Gasteiger partial charge in [-0.05, 0) is 67.3 Å². The molecule has 5 nitrogen and oxygen atoms in total. The average Bonchev–Trinajstić information content (AvgIpc) is 2.83. The van der Waals surface area contributed by atoms with E-state index in [4.69, 9.17) is 9.47 Å². The Morgan fingerprint density at radius 3 is 2.27 bits per heavy atom. The molecule has 0 unspecified atom stereocenters. The summed E-state index contributed by atoms with van der Waals surface area (Å²) in [6, 6.07) is 23.1. The van der Waals surface area contributed by atoms with Gasteiger partial charge in [0, 0.05) is 5.69 Å². The van der Waals surface area contributed by atoms with Crippen LogP contribution in [0.3, 0.4) is 0 Å². The molecule has 3 rings (SSSR count). The van der Waals surface area contributed by atoms with Gasteiger partial charge in [-0.1, -0.05) is 55.0 Å². The maximum atomic E-state index is 12.6. The molecule has 0 aliphatic rings. The zero-order valence-electron chi connectivity index (χ0n) is 19.2. The molecule has 0 aliphatic heterocycles. The predicted molar refractivity (Wildman–Crippen MR) is 131 cm³/mol. The van der Waals surface area contributed by atoms with Crippen LogP contribution in [0.2, 0.25) is 0 Å². The van der Waals surface area contributed by atoms with Gasteiger partial charge in [0.05, 0.1) is 6.61 Å². The van der Waals surface area contributed by atoms with Gasteiger partial charge in [0.25, 0.3) is 5.91 Å². The monoisotopic (exact) mass is 440 g/mol. The predicted octanol–water partition coefficient (Wildman–Crippen LogP) is 6.08. The van der Waals surface area contributed by atoms with Crippen molar-refractivity contribution >= 4 is 17.7 Å². The normalized spacial score (nSPS) is 10.9. The molecule has 0 spiro atoms. The third-order valence-electron chi connectivity index (χ3n) is 5.08. The quantitative estimate of drug-likeness (QED) is 0.323. The van der Waals surface area contributed by atoms with Gasteiger partial charge < -0.3 is 14.8 Å². The molecular formula is C28H28N2O3. The first-order valence-electron chi connectivity index (χ1n) is 11.0. The van der Waals surface area contributed by atoms with Crippen molar-refractivity contribution in [3.05, 3.63) is 94.6 Å². The highest BCUT2D eigenvalue weighted by molar-refractivity contribution is 6.09. The molecule has 0 atom stereocenters. The van der Waals surface area contributed by atoms with E-state index in [0.717, 1.165) is 12.0 Å². The fraction of sp³-hybridized carbons (Fsp3) is 0.214. The number of benzene rings is 3. The number of nitrogens with one attached hydrogen (secondary N) is 1. The summed E-state index contributed by atoms with van der Waals surface area (Å²) in [7, 11) is 0. The summed E-state index contributed by atoms with van der Waals surface area (Å²) in [5.74, 6) is 0.708. The van der Waals surface area contributed by atoms with Gasteiger partial charge >= 0.3 is 0 Å². The highest BCUT2D eigenvalue weighted by Gasteiger charge is 2.12. The van der Waals surface area contributed by atoms with Crippen molar-refractivity contribution in [3.63, 3.8) is 0 Å². The molecule has 3 aromatic carbocycles. The van der Waals surface area contributed by atoms with Gasteiger partial charge in [-0.15, -0.1) is 0 Å². The number of hydrogen-bond acceptors (Lipinski definition) is 4. The van der Waals surface area contributed by atoms with Crippen molar-refractivity contribution in [2.24, 2.45) is 0 Å². The third-order valence-corrected chi connectivity index (χ3v) is 5.08. The minimum atomic E-state index is -0.459. The zero-order valence-corrected chi connectivity index (χ0v) is 19.2. The van der Waals surface area contributed by atoms with E-state index in [9.17, 15) is 10.1 Å². The summed E-state index contributed by atoms with van der Waals surface area (Å²) >= 11 is 0. The molecule has 168 valence electrons. The molecule has 3 aromatic rings. The topological polar surface area (TPSA) is 71.3 Å². The largest absolute Gasteiger partial charge is 0.490 e. The second kappa shape index (κ2) is 11.5. The molecule has 0 fully saturated rings. The molecular weight excluding hydrogens is 412 g/mol. The lowest BCUT2D eigenvalue weighted by Crippen LogP contribution is -2.13. The fourth-order valence-electron chi connectivity index (χ4n) is 3.18. The number of nitriles is 1. The van der Waals surface area contributed by atoms with Crippen LogP contribution >= 0.6 is 0 Å². The molecule has 0 aromatic heterocycles. The molecule has 1 N–H and O–H groups in total. The molecule has 0 aliphatic carbocycles. The van der Waals surface area contributed by atoms with Crippen LogP contribution in [-0.4, -0.2) is 12.5 Å². The number of aryl methyl sites for hydroxylation is 2. The van der Waals surface area contributed by atoms with Gasteiger partial charge in [0.1, 0.15) is 18.2 Å². The number of rotatable bonds is 9. The average molecular weight is 441 g/mol. The summed E-state index contributed by atoms with van der Waals surface area (Å²) in [6.45, 7) is 6.89. The van der Waals surface area contributed by atoms with Gasteiger partial charge in [-0.2, -0.15) is 5.26 Å². The number of carbonyl (C=O) groups is 1. The smallest absolute Gasteiger partial charge is 0.266 e. The van der Waals surface area contributed by atoms with Gasteiger partial charge in [-0.25, -0.2) is 0 Å². The Morgan fingerprint density at radius 2 is 1.64 bits per heavy atom. The fourth-order valence-corrected chi connectivity index (χ4v) is 3.18. The van der Waals surface area contributed by atoms with E-state index in [1.807, 2.05) is 68.4 Å². The van der Waals surface area contributed by atoms with Crippen LogP contribution in [0, 0.1) is 18.3 Å². The van der Waals surface area contributed by atoms with Crippen LogP contribution in [0.5, 0.6) is 11.5 Å². The number of nitrogens with zero attached hydrogens (tertiary/aromatic N) is 1. The second-order valence-corrected chi connectivity index (χ2v) is 7.59. The minimum Gasteiger partial charge on any atom is -0.490 e. The van der Waals surface area contributed by atoms with Crippen LogP contribution in [0.15, 0.2) is 72.3 Å². The van der Waals surface area contributed by atoms with E-state index < -0.39 is 5.91 Å². The number of ether oxygens (including phenoxy) is 2. The summed E-state index contributed by atoms with van der Waals surface area (Å²) in [4.78, 5) is 12.6. The molecule has 0 radical (unpaired) electrons. The lowest BCUT2D eigenvalue weighted by atomic mass is 10.1. The first-order chi connectivity index (χ1) is 16.0. The van der Waals surface area contributed by atoms with Gasteiger partial charge in [0.15, 0.2) is 11.5 Å². The van der Waals surface area contributed by atoms with Crippen LogP contribution < -0.4 is 14.8 Å². The Kier molecular flexibility index (Phi) is 8.26. The van der Waals surface area contributed by atoms with E-state index in [1.165, 1.54) is 11.1 Å². The van der Waals surface area contributed by atoms with Gasteiger partial charge in [0.2, 0.25) is 0 Å². The SMILES string of the molecule is CCOc1cc(/C=C(/C#N)C(=O)Nc2ccc(CC)cc2)ccc1OCc1ccc(C)cc1.